The van der Waals surface area contributed by atoms with Gasteiger partial charge in [0.1, 0.15) is 0 Å². The lowest BCUT2D eigenvalue weighted by molar-refractivity contribution is 0.0272. The molecule has 3 rings (SSSR count). The Balaban J connectivity index is 1.93. The molecule has 0 saturated carbocycles. The Kier molecular flexibility index (Phi) is 2.47. The summed E-state index contributed by atoms with van der Waals surface area (Å²) in [5.41, 5.74) is 4.53. The van der Waals surface area contributed by atoms with Gasteiger partial charge in [0, 0.05) is 13.1 Å². The molecule has 1 aliphatic heterocycles. The number of hydrogen-bond acceptors (Lipinski definition) is 2. The summed E-state index contributed by atoms with van der Waals surface area (Å²) < 4.78 is 5.83. The lowest BCUT2D eigenvalue weighted by atomic mass is 9.98. The SMILES string of the molecule is c1cc2c(c(C3CNCCO3)c1)CCC2. The van der Waals surface area contributed by atoms with Crippen molar-refractivity contribution < 1.29 is 4.74 Å². The summed E-state index contributed by atoms with van der Waals surface area (Å²) >= 11 is 0. The van der Waals surface area contributed by atoms with Gasteiger partial charge in [-0.2, -0.15) is 0 Å². The highest BCUT2D eigenvalue weighted by atomic mass is 16.5. The van der Waals surface area contributed by atoms with Gasteiger partial charge in [-0.3, -0.25) is 0 Å². The highest BCUT2D eigenvalue weighted by molar-refractivity contribution is 5.40. The first-order valence-corrected chi connectivity index (χ1v) is 5.88. The van der Waals surface area contributed by atoms with Crippen LogP contribution in [0.4, 0.5) is 0 Å². The molecule has 2 aliphatic rings. The molecule has 1 aromatic carbocycles. The molecule has 1 unspecified atom stereocenters. The fraction of sp³-hybridized carbons (Fsp3) is 0.538. The van der Waals surface area contributed by atoms with Crippen LogP contribution in [0.25, 0.3) is 0 Å². The molecule has 1 atom stereocenters. The Labute approximate surface area is 90.6 Å². The second kappa shape index (κ2) is 3.95. The van der Waals surface area contributed by atoms with Crippen molar-refractivity contribution in [1.29, 1.82) is 0 Å². The molecule has 0 radical (unpaired) electrons. The average Bonchev–Trinajstić information content (AvgIpc) is 2.78. The number of aryl methyl sites for hydroxylation is 1. The minimum absolute atomic E-state index is 0.284. The number of nitrogens with one attached hydrogen (secondary N) is 1. The maximum atomic E-state index is 5.83. The first-order chi connectivity index (χ1) is 7.45. The summed E-state index contributed by atoms with van der Waals surface area (Å²) in [5, 5.41) is 3.40. The summed E-state index contributed by atoms with van der Waals surface area (Å²) in [4.78, 5) is 0. The van der Waals surface area contributed by atoms with Crippen LogP contribution in [0.2, 0.25) is 0 Å². The standard InChI is InChI=1S/C13H17NO/c1-3-10-4-2-6-12(11(10)5-1)13-9-14-7-8-15-13/h2,4,6,13-14H,1,3,5,7-9H2. The second-order valence-electron chi connectivity index (χ2n) is 4.40. The predicted molar refractivity (Wildman–Crippen MR) is 60.0 cm³/mol. The van der Waals surface area contributed by atoms with Gasteiger partial charge in [-0.1, -0.05) is 18.2 Å². The smallest absolute Gasteiger partial charge is 0.0952 e. The van der Waals surface area contributed by atoms with Crippen LogP contribution in [-0.2, 0) is 17.6 Å². The maximum absolute atomic E-state index is 5.83. The van der Waals surface area contributed by atoms with E-state index in [9.17, 15) is 0 Å². The molecular formula is C13H17NO. The molecule has 80 valence electrons. The zero-order valence-electron chi connectivity index (χ0n) is 8.96. The molecule has 15 heavy (non-hydrogen) atoms. The van der Waals surface area contributed by atoms with E-state index in [0.29, 0.717) is 0 Å². The van der Waals surface area contributed by atoms with Gasteiger partial charge >= 0.3 is 0 Å². The topological polar surface area (TPSA) is 21.3 Å². The van der Waals surface area contributed by atoms with Gasteiger partial charge in [-0.15, -0.1) is 0 Å². The van der Waals surface area contributed by atoms with Crippen molar-refractivity contribution in [3.63, 3.8) is 0 Å². The third-order valence-electron chi connectivity index (χ3n) is 3.46. The van der Waals surface area contributed by atoms with Crippen molar-refractivity contribution >= 4 is 0 Å². The first kappa shape index (κ1) is 9.37. The second-order valence-corrected chi connectivity index (χ2v) is 4.40. The van der Waals surface area contributed by atoms with Crippen molar-refractivity contribution in [2.24, 2.45) is 0 Å². The van der Waals surface area contributed by atoms with Gasteiger partial charge in [-0.05, 0) is 36.0 Å². The maximum Gasteiger partial charge on any atom is 0.0952 e. The summed E-state index contributed by atoms with van der Waals surface area (Å²) in [6.07, 6.45) is 4.09. The van der Waals surface area contributed by atoms with Crippen LogP contribution in [0.5, 0.6) is 0 Å². The molecule has 1 N–H and O–H groups in total. The number of benzene rings is 1. The summed E-state index contributed by atoms with van der Waals surface area (Å²) in [5.74, 6) is 0. The summed E-state index contributed by atoms with van der Waals surface area (Å²) in [7, 11) is 0. The van der Waals surface area contributed by atoms with Crippen LogP contribution in [0.3, 0.4) is 0 Å². The van der Waals surface area contributed by atoms with Gasteiger partial charge in [0.2, 0.25) is 0 Å². The highest BCUT2D eigenvalue weighted by Crippen LogP contribution is 2.30. The van der Waals surface area contributed by atoms with Crippen LogP contribution >= 0.6 is 0 Å². The van der Waals surface area contributed by atoms with E-state index in [-0.39, 0.29) is 6.10 Å². The lowest BCUT2D eigenvalue weighted by Gasteiger charge is -2.25. The molecule has 0 bridgehead atoms. The Morgan fingerprint density at radius 2 is 2.27 bits per heavy atom. The highest BCUT2D eigenvalue weighted by Gasteiger charge is 2.22. The first-order valence-electron chi connectivity index (χ1n) is 5.88. The van der Waals surface area contributed by atoms with Crippen molar-refractivity contribution in [3.8, 4) is 0 Å². The van der Waals surface area contributed by atoms with E-state index in [2.05, 4.69) is 23.5 Å². The summed E-state index contributed by atoms with van der Waals surface area (Å²) in [6, 6.07) is 6.68. The Hall–Kier alpha value is -0.860. The number of morpholine rings is 1. The van der Waals surface area contributed by atoms with Gasteiger partial charge < -0.3 is 10.1 Å². The van der Waals surface area contributed by atoms with E-state index >= 15 is 0 Å². The van der Waals surface area contributed by atoms with Gasteiger partial charge in [0.15, 0.2) is 0 Å². The van der Waals surface area contributed by atoms with Crippen LogP contribution in [0, 0.1) is 0 Å². The molecule has 1 fully saturated rings. The molecular weight excluding hydrogens is 186 g/mol. The van der Waals surface area contributed by atoms with Crippen LogP contribution in [0.1, 0.15) is 29.2 Å². The molecule has 0 spiro atoms. The Morgan fingerprint density at radius 3 is 3.13 bits per heavy atom. The lowest BCUT2D eigenvalue weighted by Crippen LogP contribution is -2.33. The zero-order chi connectivity index (χ0) is 10.1. The molecule has 0 aromatic heterocycles. The van der Waals surface area contributed by atoms with E-state index in [4.69, 9.17) is 4.74 Å². The minimum atomic E-state index is 0.284. The van der Waals surface area contributed by atoms with Gasteiger partial charge in [-0.25, -0.2) is 0 Å². The molecule has 1 aromatic rings. The predicted octanol–water partition coefficient (Wildman–Crippen LogP) is 1.84. The largest absolute Gasteiger partial charge is 0.371 e. The molecule has 0 amide bonds. The fourth-order valence-corrected chi connectivity index (χ4v) is 2.72. The Morgan fingerprint density at radius 1 is 1.27 bits per heavy atom. The average molecular weight is 203 g/mol. The van der Waals surface area contributed by atoms with E-state index in [1.165, 1.54) is 24.8 Å². The number of ether oxygens (including phenoxy) is 1. The van der Waals surface area contributed by atoms with Crippen LogP contribution < -0.4 is 5.32 Å². The van der Waals surface area contributed by atoms with E-state index in [1.807, 2.05) is 0 Å². The molecule has 2 heteroatoms. The minimum Gasteiger partial charge on any atom is -0.371 e. The third kappa shape index (κ3) is 1.68. The van der Waals surface area contributed by atoms with E-state index < -0.39 is 0 Å². The monoisotopic (exact) mass is 203 g/mol. The van der Waals surface area contributed by atoms with Crippen LogP contribution in [0.15, 0.2) is 18.2 Å². The normalized spacial score (nSPS) is 25.2. The van der Waals surface area contributed by atoms with Crippen molar-refractivity contribution in [2.45, 2.75) is 25.4 Å². The number of rotatable bonds is 1. The van der Waals surface area contributed by atoms with Gasteiger partial charge in [0.25, 0.3) is 0 Å². The summed E-state index contributed by atoms with van der Waals surface area (Å²) in [6.45, 7) is 2.80. The Bertz CT molecular complexity index is 356. The molecule has 1 aliphatic carbocycles. The van der Waals surface area contributed by atoms with Crippen LogP contribution in [-0.4, -0.2) is 19.7 Å². The molecule has 2 nitrogen and oxygen atoms in total. The van der Waals surface area contributed by atoms with Crippen molar-refractivity contribution in [1.82, 2.24) is 5.32 Å². The van der Waals surface area contributed by atoms with Crippen molar-refractivity contribution in [2.75, 3.05) is 19.7 Å². The van der Waals surface area contributed by atoms with Gasteiger partial charge in [0.05, 0.1) is 12.7 Å². The zero-order valence-corrected chi connectivity index (χ0v) is 8.96. The van der Waals surface area contributed by atoms with E-state index in [0.717, 1.165) is 19.7 Å². The van der Waals surface area contributed by atoms with E-state index in [1.54, 1.807) is 11.1 Å². The van der Waals surface area contributed by atoms with Crippen molar-refractivity contribution in [3.05, 3.63) is 34.9 Å². The fourth-order valence-electron chi connectivity index (χ4n) is 2.72. The molecule has 1 heterocycles. The quantitative estimate of drug-likeness (QED) is 0.752. The molecule has 1 saturated heterocycles. The third-order valence-corrected chi connectivity index (χ3v) is 3.46. The number of hydrogen-bond donors (Lipinski definition) is 1. The number of fused-ring (bicyclic) bond motifs is 1.